The molecule has 0 bridgehead atoms. The van der Waals surface area contributed by atoms with Gasteiger partial charge in [-0.15, -0.1) is 0 Å². The zero-order chi connectivity index (χ0) is 12.1. The molecule has 0 amide bonds. The Morgan fingerprint density at radius 2 is 2.25 bits per heavy atom. The molecule has 0 fully saturated rings. The van der Waals surface area contributed by atoms with Gasteiger partial charge in [-0.1, -0.05) is 12.1 Å². The maximum Gasteiger partial charge on any atom is 0.323 e. The van der Waals surface area contributed by atoms with Gasteiger partial charge in [-0.05, 0) is 31.0 Å². The number of hydrogen-bond donors (Lipinski definition) is 2. The lowest BCUT2D eigenvalue weighted by molar-refractivity contribution is -0.144. The molecule has 0 aliphatic rings. The predicted molar refractivity (Wildman–Crippen MR) is 61.2 cm³/mol. The SMILES string of the molecule is CCOC(=O)C(N)Cc1ccc(C)cc1O. The van der Waals surface area contributed by atoms with E-state index in [-0.39, 0.29) is 12.2 Å². The fraction of sp³-hybridized carbons (Fsp3) is 0.417. The molecule has 1 atom stereocenters. The number of phenolic OH excluding ortho intramolecular Hbond substituents is 1. The lowest BCUT2D eigenvalue weighted by Gasteiger charge is -2.11. The van der Waals surface area contributed by atoms with Crippen molar-refractivity contribution in [2.45, 2.75) is 26.3 Å². The van der Waals surface area contributed by atoms with E-state index < -0.39 is 12.0 Å². The Morgan fingerprint density at radius 3 is 2.81 bits per heavy atom. The van der Waals surface area contributed by atoms with Gasteiger partial charge in [0.1, 0.15) is 11.8 Å². The van der Waals surface area contributed by atoms with Gasteiger partial charge in [0.05, 0.1) is 6.61 Å². The molecule has 0 saturated carbocycles. The second kappa shape index (κ2) is 5.51. The van der Waals surface area contributed by atoms with Gasteiger partial charge >= 0.3 is 5.97 Å². The van der Waals surface area contributed by atoms with Crippen LogP contribution in [0.25, 0.3) is 0 Å². The highest BCUT2D eigenvalue weighted by Crippen LogP contribution is 2.19. The minimum Gasteiger partial charge on any atom is -0.508 e. The van der Waals surface area contributed by atoms with Gasteiger partial charge in [0.2, 0.25) is 0 Å². The van der Waals surface area contributed by atoms with E-state index in [1.165, 1.54) is 0 Å². The third-order valence-corrected chi connectivity index (χ3v) is 2.27. The Labute approximate surface area is 95.0 Å². The molecule has 3 N–H and O–H groups in total. The molecule has 88 valence electrons. The number of carbonyl (C=O) groups excluding carboxylic acids is 1. The van der Waals surface area contributed by atoms with Crippen LogP contribution in [0.15, 0.2) is 18.2 Å². The van der Waals surface area contributed by atoms with Gasteiger partial charge in [0.15, 0.2) is 0 Å². The van der Waals surface area contributed by atoms with Crippen LogP contribution < -0.4 is 5.73 Å². The van der Waals surface area contributed by atoms with Gasteiger partial charge in [-0.2, -0.15) is 0 Å². The van der Waals surface area contributed by atoms with Gasteiger partial charge in [-0.3, -0.25) is 4.79 Å². The van der Waals surface area contributed by atoms with Crippen LogP contribution >= 0.6 is 0 Å². The van der Waals surface area contributed by atoms with E-state index in [4.69, 9.17) is 10.5 Å². The summed E-state index contributed by atoms with van der Waals surface area (Å²) in [5.41, 5.74) is 7.28. The summed E-state index contributed by atoms with van der Waals surface area (Å²) in [5.74, 6) is -0.276. The minimum atomic E-state index is -0.728. The van der Waals surface area contributed by atoms with E-state index >= 15 is 0 Å². The molecule has 0 radical (unpaired) electrons. The summed E-state index contributed by atoms with van der Waals surface area (Å²) in [6, 6.07) is 4.55. The van der Waals surface area contributed by atoms with E-state index in [0.717, 1.165) is 5.56 Å². The Hall–Kier alpha value is -1.55. The molecule has 0 spiro atoms. The maximum atomic E-state index is 11.3. The lowest BCUT2D eigenvalue weighted by Crippen LogP contribution is -2.34. The molecule has 4 nitrogen and oxygen atoms in total. The number of hydrogen-bond acceptors (Lipinski definition) is 4. The van der Waals surface area contributed by atoms with Gasteiger partial charge < -0.3 is 15.6 Å². The van der Waals surface area contributed by atoms with Crippen molar-refractivity contribution in [2.24, 2.45) is 5.73 Å². The van der Waals surface area contributed by atoms with Gasteiger partial charge in [0, 0.05) is 6.42 Å². The molecule has 0 aliphatic carbocycles. The molecule has 16 heavy (non-hydrogen) atoms. The normalized spacial score (nSPS) is 12.2. The zero-order valence-corrected chi connectivity index (χ0v) is 9.56. The van der Waals surface area contributed by atoms with Gasteiger partial charge in [-0.25, -0.2) is 0 Å². The fourth-order valence-corrected chi connectivity index (χ4v) is 1.42. The third kappa shape index (κ3) is 3.24. The van der Waals surface area contributed by atoms with Crippen molar-refractivity contribution in [3.05, 3.63) is 29.3 Å². The van der Waals surface area contributed by atoms with E-state index in [0.29, 0.717) is 12.2 Å². The topological polar surface area (TPSA) is 72.5 Å². The highest BCUT2D eigenvalue weighted by atomic mass is 16.5. The van der Waals surface area contributed by atoms with Crippen LogP contribution in [-0.2, 0) is 16.0 Å². The smallest absolute Gasteiger partial charge is 0.323 e. The number of phenols is 1. The largest absolute Gasteiger partial charge is 0.508 e. The molecule has 1 unspecified atom stereocenters. The first kappa shape index (κ1) is 12.5. The second-order valence-electron chi connectivity index (χ2n) is 3.69. The van der Waals surface area contributed by atoms with Crippen molar-refractivity contribution in [3.63, 3.8) is 0 Å². The van der Waals surface area contributed by atoms with Crippen molar-refractivity contribution in [1.82, 2.24) is 0 Å². The van der Waals surface area contributed by atoms with Crippen LogP contribution in [-0.4, -0.2) is 23.7 Å². The Balaban J connectivity index is 2.69. The number of rotatable bonds is 4. The summed E-state index contributed by atoms with van der Waals surface area (Å²) in [7, 11) is 0. The Morgan fingerprint density at radius 1 is 1.56 bits per heavy atom. The van der Waals surface area contributed by atoms with Crippen molar-refractivity contribution in [3.8, 4) is 5.75 Å². The zero-order valence-electron chi connectivity index (χ0n) is 9.56. The quantitative estimate of drug-likeness (QED) is 0.751. The van der Waals surface area contributed by atoms with Crippen molar-refractivity contribution >= 4 is 5.97 Å². The summed E-state index contributed by atoms with van der Waals surface area (Å²) in [4.78, 5) is 11.3. The number of ether oxygens (including phenoxy) is 1. The van der Waals surface area contributed by atoms with E-state index in [9.17, 15) is 9.90 Å². The van der Waals surface area contributed by atoms with Crippen molar-refractivity contribution in [1.29, 1.82) is 0 Å². The average molecular weight is 223 g/mol. The van der Waals surface area contributed by atoms with Crippen LogP contribution in [0.2, 0.25) is 0 Å². The van der Waals surface area contributed by atoms with E-state index in [1.807, 2.05) is 13.0 Å². The van der Waals surface area contributed by atoms with Crippen LogP contribution in [0.1, 0.15) is 18.1 Å². The number of carbonyl (C=O) groups is 1. The summed E-state index contributed by atoms with van der Waals surface area (Å²) in [6.45, 7) is 3.93. The number of esters is 1. The summed E-state index contributed by atoms with van der Waals surface area (Å²) >= 11 is 0. The molecule has 4 heteroatoms. The first-order chi connectivity index (χ1) is 7.54. The average Bonchev–Trinajstić information content (AvgIpc) is 2.22. The molecule has 0 heterocycles. The summed E-state index contributed by atoms with van der Waals surface area (Å²) in [5, 5.41) is 9.64. The first-order valence-electron chi connectivity index (χ1n) is 5.25. The molecule has 1 aromatic carbocycles. The monoisotopic (exact) mass is 223 g/mol. The van der Waals surface area contributed by atoms with Crippen molar-refractivity contribution in [2.75, 3.05) is 6.61 Å². The third-order valence-electron chi connectivity index (χ3n) is 2.27. The molecule has 0 saturated heterocycles. The van der Waals surface area contributed by atoms with Gasteiger partial charge in [0.25, 0.3) is 0 Å². The molecule has 0 aromatic heterocycles. The molecule has 1 aromatic rings. The Bertz CT molecular complexity index is 377. The first-order valence-corrected chi connectivity index (χ1v) is 5.25. The second-order valence-corrected chi connectivity index (χ2v) is 3.69. The number of nitrogens with two attached hydrogens (primary N) is 1. The van der Waals surface area contributed by atoms with Crippen LogP contribution in [0, 0.1) is 6.92 Å². The highest BCUT2D eigenvalue weighted by Gasteiger charge is 2.16. The van der Waals surface area contributed by atoms with Crippen LogP contribution in [0.3, 0.4) is 0 Å². The lowest BCUT2D eigenvalue weighted by atomic mass is 10.0. The van der Waals surface area contributed by atoms with Crippen molar-refractivity contribution < 1.29 is 14.6 Å². The minimum absolute atomic E-state index is 0.166. The standard InChI is InChI=1S/C12H17NO3/c1-3-16-12(15)10(13)7-9-5-4-8(2)6-11(9)14/h4-6,10,14H,3,7,13H2,1-2H3. The molecule has 0 aliphatic heterocycles. The molecule has 1 rings (SSSR count). The summed E-state index contributed by atoms with van der Waals surface area (Å²) < 4.78 is 4.79. The van der Waals surface area contributed by atoms with E-state index in [2.05, 4.69) is 0 Å². The maximum absolute atomic E-state index is 11.3. The molecular weight excluding hydrogens is 206 g/mol. The number of aromatic hydroxyl groups is 1. The number of benzene rings is 1. The summed E-state index contributed by atoms with van der Waals surface area (Å²) in [6.07, 6.45) is 0.283. The predicted octanol–water partition coefficient (Wildman–Crippen LogP) is 1.13. The highest BCUT2D eigenvalue weighted by molar-refractivity contribution is 5.76. The number of aryl methyl sites for hydroxylation is 1. The Kier molecular flexibility index (Phi) is 4.31. The van der Waals surface area contributed by atoms with Crippen LogP contribution in [0.4, 0.5) is 0 Å². The van der Waals surface area contributed by atoms with Crippen LogP contribution in [0.5, 0.6) is 5.75 Å². The fourth-order valence-electron chi connectivity index (χ4n) is 1.42. The van der Waals surface area contributed by atoms with E-state index in [1.54, 1.807) is 19.1 Å². The molecular formula is C12H17NO3.